The summed E-state index contributed by atoms with van der Waals surface area (Å²) in [5.74, 6) is 0.140. The van der Waals surface area contributed by atoms with Crippen molar-refractivity contribution in [2.24, 2.45) is 5.41 Å². The van der Waals surface area contributed by atoms with Crippen LogP contribution >= 0.6 is 0 Å². The minimum atomic E-state index is 0.0240. The van der Waals surface area contributed by atoms with E-state index in [1.165, 1.54) is 25.9 Å². The summed E-state index contributed by atoms with van der Waals surface area (Å²) in [5.41, 5.74) is 0.0240. The molecule has 2 aliphatic rings. The summed E-state index contributed by atoms with van der Waals surface area (Å²) in [4.78, 5) is 14.2. The van der Waals surface area contributed by atoms with Gasteiger partial charge < -0.3 is 15.3 Å². The second-order valence-electron chi connectivity index (χ2n) is 6.07. The van der Waals surface area contributed by atoms with Crippen molar-refractivity contribution in [1.82, 2.24) is 10.2 Å². The Kier molecular flexibility index (Phi) is 4.62. The van der Waals surface area contributed by atoms with E-state index in [1.807, 2.05) is 0 Å². The lowest BCUT2D eigenvalue weighted by atomic mass is 10.1. The van der Waals surface area contributed by atoms with E-state index in [-0.39, 0.29) is 17.9 Å². The van der Waals surface area contributed by atoms with E-state index in [2.05, 4.69) is 17.1 Å². The number of carbonyl (C=O) groups excluding carboxylic acids is 1. The number of aliphatic hydroxyl groups is 1. The van der Waals surface area contributed by atoms with Gasteiger partial charge in [-0.1, -0.05) is 0 Å². The molecule has 2 fully saturated rings. The smallest absolute Gasteiger partial charge is 0.220 e. The molecule has 4 nitrogen and oxygen atoms in total. The lowest BCUT2D eigenvalue weighted by Crippen LogP contribution is -2.34. The maximum atomic E-state index is 11.7. The number of amides is 1. The van der Waals surface area contributed by atoms with Crippen LogP contribution in [0.1, 0.15) is 45.4 Å². The highest BCUT2D eigenvalue weighted by atomic mass is 16.3. The van der Waals surface area contributed by atoms with Gasteiger partial charge in [-0.15, -0.1) is 0 Å². The van der Waals surface area contributed by atoms with Gasteiger partial charge in [0.25, 0.3) is 0 Å². The number of nitrogens with one attached hydrogen (secondary N) is 1. The fraction of sp³-hybridized carbons (Fsp3) is 0.929. The fourth-order valence-corrected chi connectivity index (χ4v) is 2.65. The highest BCUT2D eigenvalue weighted by molar-refractivity contribution is 5.75. The zero-order chi connectivity index (χ0) is 13.0. The third-order valence-corrected chi connectivity index (χ3v) is 4.51. The van der Waals surface area contributed by atoms with Crippen LogP contribution in [0.3, 0.4) is 0 Å². The molecule has 1 aliphatic carbocycles. The van der Waals surface area contributed by atoms with Gasteiger partial charge in [0.1, 0.15) is 0 Å². The lowest BCUT2D eigenvalue weighted by molar-refractivity contribution is -0.121. The second-order valence-corrected chi connectivity index (χ2v) is 6.07. The van der Waals surface area contributed by atoms with Crippen LogP contribution in [0, 0.1) is 5.41 Å². The van der Waals surface area contributed by atoms with Crippen molar-refractivity contribution in [3.8, 4) is 0 Å². The van der Waals surface area contributed by atoms with Gasteiger partial charge in [-0.05, 0) is 52.1 Å². The molecule has 0 aromatic rings. The highest BCUT2D eigenvalue weighted by Gasteiger charge is 2.41. The number of hydrogen-bond acceptors (Lipinski definition) is 3. The molecular weight excluding hydrogens is 228 g/mol. The number of likely N-dealkylation sites (tertiary alicyclic amines) is 1. The molecule has 1 saturated carbocycles. The van der Waals surface area contributed by atoms with Crippen molar-refractivity contribution >= 4 is 5.91 Å². The molecule has 104 valence electrons. The zero-order valence-electron chi connectivity index (χ0n) is 11.5. The summed E-state index contributed by atoms with van der Waals surface area (Å²) in [5, 5.41) is 12.1. The Hall–Kier alpha value is -0.610. The predicted molar refractivity (Wildman–Crippen MR) is 71.3 cm³/mol. The maximum Gasteiger partial charge on any atom is 0.220 e. The number of carbonyl (C=O) groups is 1. The summed E-state index contributed by atoms with van der Waals surface area (Å²) >= 11 is 0. The van der Waals surface area contributed by atoms with Crippen molar-refractivity contribution in [3.05, 3.63) is 0 Å². The predicted octanol–water partition coefficient (Wildman–Crippen LogP) is 1.14. The van der Waals surface area contributed by atoms with Gasteiger partial charge in [-0.2, -0.15) is 0 Å². The quantitative estimate of drug-likeness (QED) is 0.716. The molecule has 0 bridgehead atoms. The van der Waals surface area contributed by atoms with Crippen molar-refractivity contribution in [3.63, 3.8) is 0 Å². The van der Waals surface area contributed by atoms with E-state index >= 15 is 0 Å². The number of rotatable bonds is 7. The summed E-state index contributed by atoms with van der Waals surface area (Å²) in [6, 6.07) is 0.519. The molecule has 1 saturated heterocycles. The van der Waals surface area contributed by atoms with E-state index in [0.717, 1.165) is 19.3 Å². The Labute approximate surface area is 110 Å². The van der Waals surface area contributed by atoms with Gasteiger partial charge in [0, 0.05) is 24.4 Å². The number of hydrogen-bond donors (Lipinski definition) is 2. The molecule has 18 heavy (non-hydrogen) atoms. The summed E-state index contributed by atoms with van der Waals surface area (Å²) in [7, 11) is 0. The molecule has 1 amide bonds. The van der Waals surface area contributed by atoms with Crippen molar-refractivity contribution < 1.29 is 9.90 Å². The number of nitrogens with zero attached hydrogens (tertiary/aromatic N) is 1. The Morgan fingerprint density at radius 2 is 2.06 bits per heavy atom. The van der Waals surface area contributed by atoms with Crippen LogP contribution in [0.15, 0.2) is 0 Å². The monoisotopic (exact) mass is 254 g/mol. The van der Waals surface area contributed by atoms with Crippen molar-refractivity contribution in [2.75, 3.05) is 26.2 Å². The van der Waals surface area contributed by atoms with Gasteiger partial charge in [0.05, 0.1) is 6.61 Å². The second kappa shape index (κ2) is 6.02. The normalized spacial score (nSPS) is 23.9. The van der Waals surface area contributed by atoms with Crippen LogP contribution in [0.25, 0.3) is 0 Å². The van der Waals surface area contributed by atoms with E-state index in [9.17, 15) is 9.90 Å². The zero-order valence-corrected chi connectivity index (χ0v) is 11.5. The Balaban J connectivity index is 1.59. The molecule has 1 aliphatic heterocycles. The van der Waals surface area contributed by atoms with Crippen LogP contribution < -0.4 is 5.32 Å². The topological polar surface area (TPSA) is 52.6 Å². The first-order valence-corrected chi connectivity index (χ1v) is 7.27. The summed E-state index contributed by atoms with van der Waals surface area (Å²) in [6.07, 6.45) is 6.25. The first kappa shape index (κ1) is 13.8. The van der Waals surface area contributed by atoms with Crippen LogP contribution in [0.5, 0.6) is 0 Å². The third-order valence-electron chi connectivity index (χ3n) is 4.51. The van der Waals surface area contributed by atoms with E-state index < -0.39 is 0 Å². The molecule has 0 spiro atoms. The first-order valence-electron chi connectivity index (χ1n) is 7.27. The van der Waals surface area contributed by atoms with Crippen LogP contribution in [0.2, 0.25) is 0 Å². The molecule has 0 aromatic carbocycles. The molecule has 0 radical (unpaired) electrons. The molecule has 2 N–H and O–H groups in total. The first-order chi connectivity index (χ1) is 8.65. The lowest BCUT2D eigenvalue weighted by Gasteiger charge is -2.23. The Morgan fingerprint density at radius 1 is 1.39 bits per heavy atom. The van der Waals surface area contributed by atoms with Crippen LogP contribution in [0.4, 0.5) is 0 Å². The minimum absolute atomic E-state index is 0.0240. The summed E-state index contributed by atoms with van der Waals surface area (Å²) in [6.45, 7) is 5.46. The fourth-order valence-electron chi connectivity index (χ4n) is 2.65. The standard InChI is InChI=1S/C14H26N2O2/c1-12(16-8-2-3-9-16)4-5-13(18)15-10-14(11-17)6-7-14/h12,17H,2-11H2,1H3,(H,15,18)/t12-/m1/s1. The molecule has 2 rings (SSSR count). The summed E-state index contributed by atoms with van der Waals surface area (Å²) < 4.78 is 0. The molecule has 0 aromatic heterocycles. The highest BCUT2D eigenvalue weighted by Crippen LogP contribution is 2.44. The molecule has 1 atom stereocenters. The Morgan fingerprint density at radius 3 is 2.61 bits per heavy atom. The van der Waals surface area contributed by atoms with Gasteiger partial charge in [-0.3, -0.25) is 4.79 Å². The largest absolute Gasteiger partial charge is 0.396 e. The maximum absolute atomic E-state index is 11.7. The number of aliphatic hydroxyl groups excluding tert-OH is 1. The SMILES string of the molecule is C[C@H](CCC(=O)NCC1(CO)CC1)N1CCCC1. The van der Waals surface area contributed by atoms with E-state index in [0.29, 0.717) is 19.0 Å². The molecule has 4 heteroatoms. The molecule has 0 unspecified atom stereocenters. The Bertz CT molecular complexity index is 284. The molecular formula is C14H26N2O2. The van der Waals surface area contributed by atoms with Crippen molar-refractivity contribution in [1.29, 1.82) is 0 Å². The van der Waals surface area contributed by atoms with Gasteiger partial charge in [0.15, 0.2) is 0 Å². The van der Waals surface area contributed by atoms with Gasteiger partial charge >= 0.3 is 0 Å². The molecule has 1 heterocycles. The van der Waals surface area contributed by atoms with Gasteiger partial charge in [-0.25, -0.2) is 0 Å². The van der Waals surface area contributed by atoms with Crippen LogP contribution in [-0.2, 0) is 4.79 Å². The van der Waals surface area contributed by atoms with Crippen LogP contribution in [-0.4, -0.2) is 48.2 Å². The van der Waals surface area contributed by atoms with E-state index in [1.54, 1.807) is 0 Å². The average molecular weight is 254 g/mol. The minimum Gasteiger partial charge on any atom is -0.396 e. The van der Waals surface area contributed by atoms with Gasteiger partial charge in [0.2, 0.25) is 5.91 Å². The van der Waals surface area contributed by atoms with Crippen molar-refractivity contribution in [2.45, 2.75) is 51.5 Å². The average Bonchev–Trinajstić information content (AvgIpc) is 2.96. The van der Waals surface area contributed by atoms with E-state index in [4.69, 9.17) is 0 Å². The third kappa shape index (κ3) is 3.69.